The molecular weight excluding hydrogens is 357 g/mol. The molecule has 1 aliphatic heterocycles. The van der Waals surface area contributed by atoms with Gasteiger partial charge in [-0.1, -0.05) is 6.07 Å². The molecule has 0 atom stereocenters. The normalized spacial score (nSPS) is 14.2. The number of rotatable bonds is 3. The molecule has 0 radical (unpaired) electrons. The predicted octanol–water partition coefficient (Wildman–Crippen LogP) is 2.81. The maximum absolute atomic E-state index is 13.9. The highest BCUT2D eigenvalue weighted by Gasteiger charge is 2.23. The fourth-order valence-electron chi connectivity index (χ4n) is 3.18. The van der Waals surface area contributed by atoms with Crippen molar-refractivity contribution in [2.24, 2.45) is 0 Å². The first-order valence-corrected chi connectivity index (χ1v) is 8.40. The van der Waals surface area contributed by atoms with Crippen LogP contribution in [0.1, 0.15) is 16.8 Å². The van der Waals surface area contributed by atoms with Crippen molar-refractivity contribution in [1.29, 1.82) is 0 Å². The van der Waals surface area contributed by atoms with Crippen LogP contribution in [0.3, 0.4) is 0 Å². The summed E-state index contributed by atoms with van der Waals surface area (Å²) in [6, 6.07) is 5.68. The van der Waals surface area contributed by atoms with E-state index in [9.17, 15) is 18.0 Å². The number of halogens is 3. The van der Waals surface area contributed by atoms with Crippen LogP contribution in [0.5, 0.6) is 0 Å². The Labute approximate surface area is 152 Å². The second-order valence-corrected chi connectivity index (χ2v) is 6.38. The molecule has 0 spiro atoms. The summed E-state index contributed by atoms with van der Waals surface area (Å²) in [5.41, 5.74) is 1.67. The molecule has 3 heterocycles. The number of pyridine rings is 1. The van der Waals surface area contributed by atoms with Gasteiger partial charge in [0.25, 0.3) is 5.56 Å². The summed E-state index contributed by atoms with van der Waals surface area (Å²) < 4.78 is 40.4. The van der Waals surface area contributed by atoms with Crippen molar-refractivity contribution in [2.45, 2.75) is 19.5 Å². The zero-order chi connectivity index (χ0) is 19.0. The summed E-state index contributed by atoms with van der Waals surface area (Å²) in [4.78, 5) is 25.6. The molecule has 0 saturated heterocycles. The highest BCUT2D eigenvalue weighted by atomic mass is 19.2. The van der Waals surface area contributed by atoms with E-state index in [0.717, 1.165) is 6.07 Å². The van der Waals surface area contributed by atoms with Crippen molar-refractivity contribution in [3.63, 3.8) is 0 Å². The fourth-order valence-corrected chi connectivity index (χ4v) is 3.18. The van der Waals surface area contributed by atoms with Gasteiger partial charge in [-0.2, -0.15) is 0 Å². The fraction of sp³-hybridized carbons (Fsp3) is 0.211. The third-order valence-corrected chi connectivity index (χ3v) is 4.59. The lowest BCUT2D eigenvalue weighted by Gasteiger charge is -2.27. The summed E-state index contributed by atoms with van der Waals surface area (Å²) in [6.07, 6.45) is 3.75. The second-order valence-electron chi connectivity index (χ2n) is 6.38. The van der Waals surface area contributed by atoms with Gasteiger partial charge in [0.1, 0.15) is 5.82 Å². The first kappa shape index (κ1) is 17.4. The van der Waals surface area contributed by atoms with Crippen molar-refractivity contribution in [3.05, 3.63) is 81.3 Å². The van der Waals surface area contributed by atoms with Gasteiger partial charge < -0.3 is 4.98 Å². The van der Waals surface area contributed by atoms with E-state index in [4.69, 9.17) is 0 Å². The molecule has 4 rings (SSSR count). The first-order valence-electron chi connectivity index (χ1n) is 8.40. The monoisotopic (exact) mass is 372 g/mol. The van der Waals surface area contributed by atoms with Crippen LogP contribution in [0.25, 0.3) is 11.4 Å². The van der Waals surface area contributed by atoms with Crippen molar-refractivity contribution < 1.29 is 13.2 Å². The topological polar surface area (TPSA) is 61.9 Å². The Bertz CT molecular complexity index is 1050. The molecule has 0 aliphatic carbocycles. The SMILES string of the molecule is O=c1[nH]c(-c2cccnc2)nc2c1CN(Cc1ccc(F)c(F)c1F)CC2. The molecule has 0 saturated carbocycles. The molecule has 0 amide bonds. The molecule has 1 N–H and O–H groups in total. The molecule has 1 aromatic carbocycles. The minimum Gasteiger partial charge on any atom is -0.306 e. The average Bonchev–Trinajstić information content (AvgIpc) is 2.69. The van der Waals surface area contributed by atoms with Gasteiger partial charge in [0.05, 0.1) is 11.3 Å². The van der Waals surface area contributed by atoms with E-state index in [0.29, 0.717) is 35.6 Å². The number of hydrogen-bond acceptors (Lipinski definition) is 4. The summed E-state index contributed by atoms with van der Waals surface area (Å²) in [5.74, 6) is -3.44. The Hall–Kier alpha value is -3.00. The van der Waals surface area contributed by atoms with Gasteiger partial charge in [-0.3, -0.25) is 14.7 Å². The number of aromatic amines is 1. The maximum Gasteiger partial charge on any atom is 0.255 e. The molecule has 0 bridgehead atoms. The Morgan fingerprint density at radius 2 is 2.00 bits per heavy atom. The lowest BCUT2D eigenvalue weighted by molar-refractivity contribution is 0.237. The van der Waals surface area contributed by atoms with E-state index >= 15 is 0 Å². The van der Waals surface area contributed by atoms with E-state index in [1.807, 2.05) is 0 Å². The Morgan fingerprint density at radius 3 is 2.78 bits per heavy atom. The first-order chi connectivity index (χ1) is 13.0. The van der Waals surface area contributed by atoms with Crippen LogP contribution in [0.2, 0.25) is 0 Å². The molecule has 138 valence electrons. The number of H-pyrrole nitrogens is 1. The summed E-state index contributed by atoms with van der Waals surface area (Å²) in [6.45, 7) is 0.851. The average molecular weight is 372 g/mol. The molecule has 2 aromatic heterocycles. The van der Waals surface area contributed by atoms with E-state index in [2.05, 4.69) is 15.0 Å². The quantitative estimate of drug-likeness (QED) is 0.719. The third-order valence-electron chi connectivity index (χ3n) is 4.59. The Balaban J connectivity index is 1.59. The predicted molar refractivity (Wildman–Crippen MR) is 92.2 cm³/mol. The highest BCUT2D eigenvalue weighted by Crippen LogP contribution is 2.22. The smallest absolute Gasteiger partial charge is 0.255 e. The maximum atomic E-state index is 13.9. The molecule has 27 heavy (non-hydrogen) atoms. The number of aromatic nitrogens is 3. The van der Waals surface area contributed by atoms with Gasteiger partial charge in [-0.25, -0.2) is 18.2 Å². The molecule has 3 aromatic rings. The molecular formula is C19H15F3N4O. The summed E-state index contributed by atoms with van der Waals surface area (Å²) in [5, 5.41) is 0. The van der Waals surface area contributed by atoms with E-state index in [1.54, 1.807) is 29.4 Å². The Kier molecular flexibility index (Phi) is 4.49. The Morgan fingerprint density at radius 1 is 1.15 bits per heavy atom. The highest BCUT2D eigenvalue weighted by molar-refractivity contribution is 5.53. The van der Waals surface area contributed by atoms with Crippen molar-refractivity contribution >= 4 is 0 Å². The number of nitrogens with one attached hydrogen (secondary N) is 1. The van der Waals surface area contributed by atoms with Crippen LogP contribution >= 0.6 is 0 Å². The number of nitrogens with zero attached hydrogens (tertiary/aromatic N) is 3. The third kappa shape index (κ3) is 3.35. The van der Waals surface area contributed by atoms with E-state index in [1.165, 1.54) is 6.07 Å². The van der Waals surface area contributed by atoms with Gasteiger partial charge in [-0.05, 0) is 18.2 Å². The summed E-state index contributed by atoms with van der Waals surface area (Å²) in [7, 11) is 0. The minimum atomic E-state index is -1.48. The zero-order valence-corrected chi connectivity index (χ0v) is 14.2. The number of hydrogen-bond donors (Lipinski definition) is 1. The number of fused-ring (bicyclic) bond motifs is 1. The van der Waals surface area contributed by atoms with Crippen LogP contribution in [0.15, 0.2) is 41.5 Å². The lowest BCUT2D eigenvalue weighted by atomic mass is 10.1. The van der Waals surface area contributed by atoms with Gasteiger partial charge in [0.2, 0.25) is 0 Å². The van der Waals surface area contributed by atoms with Crippen LogP contribution in [-0.4, -0.2) is 26.4 Å². The van der Waals surface area contributed by atoms with Crippen LogP contribution < -0.4 is 5.56 Å². The standard InChI is InChI=1S/C19H15F3N4O/c20-14-4-3-12(16(21)17(14)22)9-26-7-5-15-13(10-26)19(27)25-18(24-15)11-2-1-6-23-8-11/h1-4,6,8H,5,7,9-10H2,(H,24,25,27). The lowest BCUT2D eigenvalue weighted by Crippen LogP contribution is -2.35. The van der Waals surface area contributed by atoms with Crippen LogP contribution in [0, 0.1) is 17.5 Å². The zero-order valence-electron chi connectivity index (χ0n) is 14.2. The largest absolute Gasteiger partial charge is 0.306 e. The van der Waals surface area contributed by atoms with Gasteiger partial charge in [-0.15, -0.1) is 0 Å². The number of benzene rings is 1. The van der Waals surface area contributed by atoms with Crippen LogP contribution in [0.4, 0.5) is 13.2 Å². The van der Waals surface area contributed by atoms with Gasteiger partial charge in [0, 0.05) is 49.6 Å². The molecule has 0 fully saturated rings. The van der Waals surface area contributed by atoms with Crippen LogP contribution in [-0.2, 0) is 19.5 Å². The van der Waals surface area contributed by atoms with E-state index < -0.39 is 17.5 Å². The van der Waals surface area contributed by atoms with Crippen molar-refractivity contribution in [3.8, 4) is 11.4 Å². The minimum absolute atomic E-state index is 0.0497. The van der Waals surface area contributed by atoms with Crippen molar-refractivity contribution in [2.75, 3.05) is 6.54 Å². The van der Waals surface area contributed by atoms with Gasteiger partial charge >= 0.3 is 0 Å². The molecule has 8 heteroatoms. The second kappa shape index (κ2) is 6.96. The molecule has 0 unspecified atom stereocenters. The summed E-state index contributed by atoms with van der Waals surface area (Å²) >= 11 is 0. The van der Waals surface area contributed by atoms with Crippen molar-refractivity contribution in [1.82, 2.24) is 19.9 Å². The van der Waals surface area contributed by atoms with Gasteiger partial charge in [0.15, 0.2) is 17.5 Å². The molecule has 1 aliphatic rings. The molecule has 5 nitrogen and oxygen atoms in total. The van der Waals surface area contributed by atoms with E-state index in [-0.39, 0.29) is 24.2 Å².